The molecule has 0 radical (unpaired) electrons. The van der Waals surface area contributed by atoms with Gasteiger partial charge in [-0.3, -0.25) is 9.59 Å². The quantitative estimate of drug-likeness (QED) is 0.820. The molecular weight excluding hydrogens is 348 g/mol. The van der Waals surface area contributed by atoms with E-state index in [4.69, 9.17) is 0 Å². The average Bonchev–Trinajstić information content (AvgIpc) is 2.64. The van der Waals surface area contributed by atoms with Crippen LogP contribution >= 0.6 is 0 Å². The van der Waals surface area contributed by atoms with Crippen molar-refractivity contribution in [3.63, 3.8) is 0 Å². The summed E-state index contributed by atoms with van der Waals surface area (Å²) in [7, 11) is 1.57. The van der Waals surface area contributed by atoms with Crippen LogP contribution in [-0.4, -0.2) is 18.9 Å². The minimum Gasteiger partial charge on any atom is -0.357 e. The molecule has 0 aliphatic heterocycles. The summed E-state index contributed by atoms with van der Waals surface area (Å²) in [6, 6.07) is 14.6. The van der Waals surface area contributed by atoms with E-state index in [1.807, 2.05) is 42.5 Å². The SMILES string of the molecule is CNC(=O)C(NC(=O)c1cc(C(C)(C)C)cc(C(C)(C)C)c1)c1ccccc1. The lowest BCUT2D eigenvalue weighted by Gasteiger charge is -2.26. The van der Waals surface area contributed by atoms with Crippen molar-refractivity contribution in [1.82, 2.24) is 10.6 Å². The molecule has 2 amide bonds. The lowest BCUT2D eigenvalue weighted by molar-refractivity contribution is -0.122. The van der Waals surface area contributed by atoms with Gasteiger partial charge >= 0.3 is 0 Å². The minimum absolute atomic E-state index is 0.0874. The predicted octanol–water partition coefficient (Wildman–Crippen LogP) is 4.50. The van der Waals surface area contributed by atoms with E-state index in [9.17, 15) is 9.59 Å². The number of amides is 2. The molecule has 2 aromatic carbocycles. The first-order valence-electron chi connectivity index (χ1n) is 9.67. The monoisotopic (exact) mass is 380 g/mol. The van der Waals surface area contributed by atoms with Gasteiger partial charge in [0.25, 0.3) is 5.91 Å². The molecule has 28 heavy (non-hydrogen) atoms. The van der Waals surface area contributed by atoms with Gasteiger partial charge in [0, 0.05) is 12.6 Å². The maximum Gasteiger partial charge on any atom is 0.252 e. The zero-order valence-electron chi connectivity index (χ0n) is 18.0. The molecule has 150 valence electrons. The number of carbonyl (C=O) groups is 2. The molecule has 2 N–H and O–H groups in total. The topological polar surface area (TPSA) is 58.2 Å². The Morgan fingerprint density at radius 1 is 0.821 bits per heavy atom. The number of benzene rings is 2. The molecule has 0 fully saturated rings. The number of nitrogens with one attached hydrogen (secondary N) is 2. The van der Waals surface area contributed by atoms with Crippen molar-refractivity contribution < 1.29 is 9.59 Å². The Bertz CT molecular complexity index is 811. The molecule has 0 spiro atoms. The van der Waals surface area contributed by atoms with Crippen LogP contribution in [0.5, 0.6) is 0 Å². The highest BCUT2D eigenvalue weighted by Crippen LogP contribution is 2.30. The molecule has 2 aromatic rings. The highest BCUT2D eigenvalue weighted by molar-refractivity contribution is 5.98. The van der Waals surface area contributed by atoms with Gasteiger partial charge in [-0.25, -0.2) is 0 Å². The second kappa shape index (κ2) is 8.17. The van der Waals surface area contributed by atoms with Gasteiger partial charge in [0.1, 0.15) is 6.04 Å². The second-order valence-electron chi connectivity index (χ2n) is 9.23. The zero-order valence-corrected chi connectivity index (χ0v) is 18.0. The van der Waals surface area contributed by atoms with Gasteiger partial charge in [-0.1, -0.05) is 77.9 Å². The lowest BCUT2D eigenvalue weighted by atomic mass is 9.79. The second-order valence-corrected chi connectivity index (χ2v) is 9.23. The van der Waals surface area contributed by atoms with E-state index < -0.39 is 6.04 Å². The van der Waals surface area contributed by atoms with Crippen LogP contribution in [0.2, 0.25) is 0 Å². The highest BCUT2D eigenvalue weighted by atomic mass is 16.2. The highest BCUT2D eigenvalue weighted by Gasteiger charge is 2.25. The van der Waals surface area contributed by atoms with E-state index in [0.29, 0.717) is 5.56 Å². The van der Waals surface area contributed by atoms with Gasteiger partial charge in [-0.2, -0.15) is 0 Å². The summed E-state index contributed by atoms with van der Waals surface area (Å²) in [5.74, 6) is -0.503. The van der Waals surface area contributed by atoms with E-state index >= 15 is 0 Å². The van der Waals surface area contributed by atoms with Crippen molar-refractivity contribution in [3.05, 3.63) is 70.8 Å². The number of carbonyl (C=O) groups excluding carboxylic acids is 2. The molecule has 0 saturated carbocycles. The van der Waals surface area contributed by atoms with Crippen LogP contribution < -0.4 is 10.6 Å². The average molecular weight is 381 g/mol. The van der Waals surface area contributed by atoms with Crippen LogP contribution in [0.25, 0.3) is 0 Å². The first-order valence-corrected chi connectivity index (χ1v) is 9.67. The Morgan fingerprint density at radius 3 is 1.75 bits per heavy atom. The van der Waals surface area contributed by atoms with Gasteiger partial charge < -0.3 is 10.6 Å². The Morgan fingerprint density at radius 2 is 1.32 bits per heavy atom. The van der Waals surface area contributed by atoms with Crippen molar-refractivity contribution in [2.45, 2.75) is 58.4 Å². The molecule has 1 unspecified atom stereocenters. The molecule has 0 aliphatic carbocycles. The summed E-state index contributed by atoms with van der Waals surface area (Å²) >= 11 is 0. The Balaban J connectivity index is 2.45. The lowest BCUT2D eigenvalue weighted by Crippen LogP contribution is -2.39. The van der Waals surface area contributed by atoms with E-state index in [-0.39, 0.29) is 22.6 Å². The van der Waals surface area contributed by atoms with Crippen LogP contribution in [0, 0.1) is 0 Å². The number of rotatable bonds is 4. The summed E-state index contributed by atoms with van der Waals surface area (Å²) in [5.41, 5.74) is 3.34. The number of hydrogen-bond acceptors (Lipinski definition) is 2. The van der Waals surface area contributed by atoms with Crippen LogP contribution in [0.3, 0.4) is 0 Å². The molecule has 0 aliphatic rings. The van der Waals surface area contributed by atoms with Gasteiger partial charge in [0.05, 0.1) is 0 Å². The largest absolute Gasteiger partial charge is 0.357 e. The van der Waals surface area contributed by atoms with Crippen LogP contribution in [0.15, 0.2) is 48.5 Å². The van der Waals surface area contributed by atoms with Gasteiger partial charge in [-0.05, 0) is 39.7 Å². The Hall–Kier alpha value is -2.62. The summed E-state index contributed by atoms with van der Waals surface area (Å²) in [6.45, 7) is 12.8. The van der Waals surface area contributed by atoms with Gasteiger partial charge in [0.15, 0.2) is 0 Å². The van der Waals surface area contributed by atoms with Gasteiger partial charge in [-0.15, -0.1) is 0 Å². The van der Waals surface area contributed by atoms with E-state index in [1.54, 1.807) is 7.05 Å². The first kappa shape index (κ1) is 21.7. The molecule has 0 aromatic heterocycles. The number of likely N-dealkylation sites (N-methyl/N-ethyl adjacent to an activating group) is 1. The summed E-state index contributed by atoms with van der Waals surface area (Å²) in [6.07, 6.45) is 0. The van der Waals surface area contributed by atoms with Gasteiger partial charge in [0.2, 0.25) is 5.91 Å². The summed E-state index contributed by atoms with van der Waals surface area (Å²) in [4.78, 5) is 25.5. The van der Waals surface area contributed by atoms with E-state index in [0.717, 1.165) is 16.7 Å². The smallest absolute Gasteiger partial charge is 0.252 e. The molecule has 0 saturated heterocycles. The van der Waals surface area contributed by atoms with Crippen molar-refractivity contribution in [1.29, 1.82) is 0 Å². The van der Waals surface area contributed by atoms with Crippen molar-refractivity contribution in [2.75, 3.05) is 7.05 Å². The maximum absolute atomic E-state index is 13.1. The molecule has 4 heteroatoms. The van der Waals surface area contributed by atoms with Crippen molar-refractivity contribution in [3.8, 4) is 0 Å². The standard InChI is InChI=1S/C24H32N2O2/c1-23(2,3)18-13-17(14-19(15-18)24(4,5)6)21(27)26-20(22(28)25-7)16-11-9-8-10-12-16/h8-15,20H,1-7H3,(H,25,28)(H,26,27). The van der Waals surface area contributed by atoms with E-state index in [2.05, 4.69) is 58.2 Å². The third-order valence-corrected chi connectivity index (χ3v) is 4.84. The molecular formula is C24H32N2O2. The van der Waals surface area contributed by atoms with Crippen molar-refractivity contribution >= 4 is 11.8 Å². The zero-order chi connectivity index (χ0) is 21.1. The predicted molar refractivity (Wildman–Crippen MR) is 115 cm³/mol. The van der Waals surface area contributed by atoms with Crippen molar-refractivity contribution in [2.24, 2.45) is 0 Å². The maximum atomic E-state index is 13.1. The van der Waals surface area contributed by atoms with Crippen LogP contribution in [0.4, 0.5) is 0 Å². The summed E-state index contributed by atoms with van der Waals surface area (Å²) in [5, 5.41) is 5.54. The Kier molecular flexibility index (Phi) is 6.33. The van der Waals surface area contributed by atoms with E-state index in [1.165, 1.54) is 0 Å². The molecule has 4 nitrogen and oxygen atoms in total. The summed E-state index contributed by atoms with van der Waals surface area (Å²) < 4.78 is 0. The molecule has 2 rings (SSSR count). The number of hydrogen-bond donors (Lipinski definition) is 2. The Labute approximate surface area is 168 Å². The first-order chi connectivity index (χ1) is 12.9. The molecule has 0 heterocycles. The fourth-order valence-corrected chi connectivity index (χ4v) is 2.93. The third kappa shape index (κ3) is 5.22. The fourth-order valence-electron chi connectivity index (χ4n) is 2.93. The fraction of sp³-hybridized carbons (Fsp3) is 0.417. The normalized spacial score (nSPS) is 13.0. The minimum atomic E-state index is -0.741. The van der Waals surface area contributed by atoms with Crippen LogP contribution in [0.1, 0.15) is 74.6 Å². The third-order valence-electron chi connectivity index (χ3n) is 4.84. The van der Waals surface area contributed by atoms with Crippen LogP contribution in [-0.2, 0) is 15.6 Å². The molecule has 1 atom stereocenters. The molecule has 0 bridgehead atoms.